The Balaban J connectivity index is 3.82. The maximum Gasteiger partial charge on any atom is 0.217 e. The molecule has 1 atom stereocenters. The monoisotopic (exact) mass is 128 g/mol. The minimum Gasteiger partial charge on any atom is -0.299 e. The molecule has 0 heterocycles. The molecule has 53 valence electrons. The van der Waals surface area contributed by atoms with Crippen LogP contribution in [0.1, 0.15) is 13.8 Å². The smallest absolute Gasteiger partial charge is 0.217 e. The Morgan fingerprint density at radius 1 is 1.33 bits per heavy atom. The van der Waals surface area contributed by atoms with Gasteiger partial charge >= 0.3 is 0 Å². The van der Waals surface area contributed by atoms with Crippen molar-refractivity contribution < 1.29 is 4.79 Å². The molecule has 2 nitrogen and oxygen atoms in total. The highest BCUT2D eigenvalue weighted by Gasteiger charge is 2.14. The predicted octanol–water partition coefficient (Wildman–Crippen LogP) is 0.682. The van der Waals surface area contributed by atoms with Gasteiger partial charge in [0.15, 0.2) is 0 Å². The molecule has 0 aromatic rings. The summed E-state index contributed by atoms with van der Waals surface area (Å²) in [5.41, 5.74) is 0. The minimum atomic E-state index is -0.0509. The zero-order valence-electron chi connectivity index (χ0n) is 6.51. The summed E-state index contributed by atoms with van der Waals surface area (Å²) in [7, 11) is 3.77. The second-order valence-corrected chi connectivity index (χ2v) is 2.77. The molecule has 9 heavy (non-hydrogen) atoms. The maximum absolute atomic E-state index is 10.2. The van der Waals surface area contributed by atoms with E-state index >= 15 is 0 Å². The Morgan fingerprint density at radius 3 is 1.78 bits per heavy atom. The molecule has 2 heteroatoms. The van der Waals surface area contributed by atoms with Crippen LogP contribution < -0.4 is 0 Å². The van der Waals surface area contributed by atoms with Gasteiger partial charge in [-0.1, -0.05) is 13.8 Å². The molecule has 0 unspecified atom stereocenters. The fourth-order valence-corrected chi connectivity index (χ4v) is 0.838. The van der Waals surface area contributed by atoms with E-state index < -0.39 is 0 Å². The van der Waals surface area contributed by atoms with Crippen LogP contribution in [0.15, 0.2) is 0 Å². The van der Waals surface area contributed by atoms with E-state index in [0.29, 0.717) is 5.92 Å². The molecular weight excluding hydrogens is 114 g/mol. The van der Waals surface area contributed by atoms with Crippen LogP contribution in [0.3, 0.4) is 0 Å². The highest BCUT2D eigenvalue weighted by Crippen LogP contribution is 2.02. The van der Waals surface area contributed by atoms with E-state index in [1.165, 1.54) is 0 Å². The van der Waals surface area contributed by atoms with Crippen molar-refractivity contribution in [2.24, 2.45) is 5.92 Å². The quantitative estimate of drug-likeness (QED) is 0.557. The maximum atomic E-state index is 10.2. The molecule has 0 aromatic heterocycles. The lowest BCUT2D eigenvalue weighted by Crippen LogP contribution is -2.33. The number of carbonyl (C=O) groups excluding carboxylic acids is 1. The molecule has 0 aliphatic rings. The molecule has 0 saturated carbocycles. The third-order valence-corrected chi connectivity index (χ3v) is 1.31. The van der Waals surface area contributed by atoms with Crippen LogP contribution in [-0.4, -0.2) is 31.3 Å². The van der Waals surface area contributed by atoms with E-state index in [9.17, 15) is 4.79 Å². The van der Waals surface area contributed by atoms with Gasteiger partial charge in [0.05, 0.1) is 6.04 Å². The molecule has 0 saturated heterocycles. The molecule has 0 aliphatic carbocycles. The molecule has 0 fully saturated rings. The van der Waals surface area contributed by atoms with Crippen molar-refractivity contribution in [2.75, 3.05) is 14.1 Å². The van der Waals surface area contributed by atoms with Crippen LogP contribution in [0.4, 0.5) is 0 Å². The summed E-state index contributed by atoms with van der Waals surface area (Å²) in [6, 6.07) is -0.0509. The van der Waals surface area contributed by atoms with Crippen molar-refractivity contribution >= 4 is 6.29 Å². The van der Waals surface area contributed by atoms with E-state index in [0.717, 1.165) is 0 Å². The predicted molar refractivity (Wildman–Crippen MR) is 38.0 cm³/mol. The highest BCUT2D eigenvalue weighted by molar-refractivity contribution is 5.58. The van der Waals surface area contributed by atoms with Crippen LogP contribution in [0, 0.1) is 5.92 Å². The van der Waals surface area contributed by atoms with Gasteiger partial charge in [0.2, 0.25) is 6.29 Å². The first-order valence-corrected chi connectivity index (χ1v) is 3.13. The molecule has 0 aliphatic heterocycles. The van der Waals surface area contributed by atoms with E-state index in [1.54, 1.807) is 0 Å². The van der Waals surface area contributed by atoms with Crippen LogP contribution in [0.2, 0.25) is 0 Å². The summed E-state index contributed by atoms with van der Waals surface area (Å²) in [6.07, 6.45) is 1.98. The van der Waals surface area contributed by atoms with Crippen molar-refractivity contribution in [2.45, 2.75) is 19.9 Å². The Morgan fingerprint density at radius 2 is 1.78 bits per heavy atom. The Hall–Kier alpha value is -0.370. The van der Waals surface area contributed by atoms with Crippen molar-refractivity contribution in [1.29, 1.82) is 0 Å². The summed E-state index contributed by atoms with van der Waals surface area (Å²) in [4.78, 5) is 12.1. The zero-order chi connectivity index (χ0) is 7.44. The molecule has 0 amide bonds. The zero-order valence-corrected chi connectivity index (χ0v) is 6.51. The van der Waals surface area contributed by atoms with Gasteiger partial charge in [0.1, 0.15) is 0 Å². The number of likely N-dealkylation sites (N-methyl/N-ethyl adjacent to an activating group) is 1. The number of nitrogens with zero attached hydrogens (tertiary/aromatic N) is 1. The average Bonchev–Trinajstić information content (AvgIpc) is 1.64. The Kier molecular flexibility index (Phi) is 3.47. The summed E-state index contributed by atoms with van der Waals surface area (Å²) in [5.74, 6) is 0.359. The van der Waals surface area contributed by atoms with Crippen molar-refractivity contribution in [3.63, 3.8) is 0 Å². The largest absolute Gasteiger partial charge is 0.299 e. The number of hydrogen-bond donors (Lipinski definition) is 0. The molecule has 0 aromatic carbocycles. The highest BCUT2D eigenvalue weighted by atomic mass is 16.1. The fourth-order valence-electron chi connectivity index (χ4n) is 0.838. The minimum absolute atomic E-state index is 0.0509. The van der Waals surface area contributed by atoms with E-state index in [1.807, 2.05) is 39.1 Å². The van der Waals surface area contributed by atoms with Gasteiger partial charge < -0.3 is 0 Å². The SMILES string of the molecule is CC(C)[C@@H]([C]=O)N(C)C. The third kappa shape index (κ3) is 2.61. The van der Waals surface area contributed by atoms with Gasteiger partial charge in [-0.05, 0) is 20.0 Å². The summed E-state index contributed by atoms with van der Waals surface area (Å²) in [6.45, 7) is 4.02. The Bertz CT molecular complexity index is 80.9. The van der Waals surface area contributed by atoms with Gasteiger partial charge in [-0.3, -0.25) is 9.69 Å². The van der Waals surface area contributed by atoms with Gasteiger partial charge in [-0.25, -0.2) is 0 Å². The van der Waals surface area contributed by atoms with Crippen molar-refractivity contribution in [3.8, 4) is 0 Å². The van der Waals surface area contributed by atoms with Crippen molar-refractivity contribution in [1.82, 2.24) is 4.90 Å². The van der Waals surface area contributed by atoms with Crippen LogP contribution in [-0.2, 0) is 4.79 Å². The molecular formula is C7H14NO. The van der Waals surface area contributed by atoms with Crippen LogP contribution in [0.5, 0.6) is 0 Å². The van der Waals surface area contributed by atoms with E-state index in [2.05, 4.69) is 0 Å². The van der Waals surface area contributed by atoms with Gasteiger partial charge in [-0.15, -0.1) is 0 Å². The molecule has 1 radical (unpaired) electrons. The average molecular weight is 128 g/mol. The molecule has 0 spiro atoms. The summed E-state index contributed by atoms with van der Waals surface area (Å²) in [5, 5.41) is 0. The summed E-state index contributed by atoms with van der Waals surface area (Å²) >= 11 is 0. The van der Waals surface area contributed by atoms with Crippen LogP contribution in [0.25, 0.3) is 0 Å². The second-order valence-electron chi connectivity index (χ2n) is 2.77. The molecule has 0 bridgehead atoms. The molecule has 0 N–H and O–H groups in total. The Labute approximate surface area is 56.9 Å². The lowest BCUT2D eigenvalue weighted by Gasteiger charge is -2.20. The number of rotatable bonds is 3. The van der Waals surface area contributed by atoms with Crippen LogP contribution >= 0.6 is 0 Å². The van der Waals surface area contributed by atoms with Crippen molar-refractivity contribution in [3.05, 3.63) is 0 Å². The standard InChI is InChI=1S/C7H14NO/c1-6(2)7(5-9)8(3)4/h6-7H,1-4H3/t7-/m1/s1. The fraction of sp³-hybridized carbons (Fsp3) is 0.857. The van der Waals surface area contributed by atoms with Gasteiger partial charge in [0, 0.05) is 0 Å². The first-order chi connectivity index (χ1) is 4.09. The third-order valence-electron chi connectivity index (χ3n) is 1.31. The lowest BCUT2D eigenvalue weighted by molar-refractivity contribution is 0.289. The van der Waals surface area contributed by atoms with E-state index in [-0.39, 0.29) is 6.04 Å². The second kappa shape index (κ2) is 3.62. The lowest BCUT2D eigenvalue weighted by atomic mass is 10.1. The topological polar surface area (TPSA) is 20.3 Å². The first-order valence-electron chi connectivity index (χ1n) is 3.13. The normalized spacial score (nSPS) is 14.4. The molecule has 0 rings (SSSR count). The van der Waals surface area contributed by atoms with E-state index in [4.69, 9.17) is 0 Å². The first kappa shape index (κ1) is 8.63. The summed E-state index contributed by atoms with van der Waals surface area (Å²) < 4.78 is 0. The number of hydrogen-bond acceptors (Lipinski definition) is 2. The van der Waals surface area contributed by atoms with Gasteiger partial charge in [-0.2, -0.15) is 0 Å². The van der Waals surface area contributed by atoms with Gasteiger partial charge in [0.25, 0.3) is 0 Å².